The first-order valence-electron chi connectivity index (χ1n) is 7.86. The zero-order valence-corrected chi connectivity index (χ0v) is 14.0. The SMILES string of the molecule is Cc1cc(C)c2c(NCc3cncn3CC(C)C)ncnc2n1. The molecule has 3 heterocycles. The Morgan fingerprint density at radius 3 is 2.83 bits per heavy atom. The molecule has 0 bridgehead atoms. The summed E-state index contributed by atoms with van der Waals surface area (Å²) in [7, 11) is 0. The van der Waals surface area contributed by atoms with E-state index in [0.717, 1.165) is 40.3 Å². The molecule has 0 saturated carbocycles. The minimum absolute atomic E-state index is 0.581. The fraction of sp³-hybridized carbons (Fsp3) is 0.412. The van der Waals surface area contributed by atoms with Gasteiger partial charge in [-0.25, -0.2) is 19.9 Å². The molecule has 23 heavy (non-hydrogen) atoms. The number of imidazole rings is 1. The molecule has 0 aliphatic rings. The van der Waals surface area contributed by atoms with Gasteiger partial charge in [0.15, 0.2) is 5.65 Å². The van der Waals surface area contributed by atoms with E-state index in [1.54, 1.807) is 6.33 Å². The topological polar surface area (TPSA) is 68.5 Å². The number of anilines is 1. The van der Waals surface area contributed by atoms with Gasteiger partial charge in [-0.3, -0.25) is 0 Å². The van der Waals surface area contributed by atoms with E-state index in [1.165, 1.54) is 0 Å². The van der Waals surface area contributed by atoms with Crippen LogP contribution in [0, 0.1) is 19.8 Å². The summed E-state index contributed by atoms with van der Waals surface area (Å²) in [5, 5.41) is 4.39. The van der Waals surface area contributed by atoms with Crippen LogP contribution in [0.2, 0.25) is 0 Å². The highest BCUT2D eigenvalue weighted by atomic mass is 15.1. The summed E-state index contributed by atoms with van der Waals surface area (Å²) in [6.45, 7) is 10.1. The lowest BCUT2D eigenvalue weighted by atomic mass is 10.1. The van der Waals surface area contributed by atoms with E-state index in [0.29, 0.717) is 12.5 Å². The highest BCUT2D eigenvalue weighted by Crippen LogP contribution is 2.23. The number of aromatic nitrogens is 5. The van der Waals surface area contributed by atoms with Crippen LogP contribution >= 0.6 is 0 Å². The van der Waals surface area contributed by atoms with Crippen molar-refractivity contribution < 1.29 is 0 Å². The van der Waals surface area contributed by atoms with Gasteiger partial charge in [0.25, 0.3) is 0 Å². The Morgan fingerprint density at radius 1 is 1.22 bits per heavy atom. The maximum Gasteiger partial charge on any atom is 0.165 e. The van der Waals surface area contributed by atoms with Crippen LogP contribution in [-0.4, -0.2) is 24.5 Å². The number of hydrogen-bond donors (Lipinski definition) is 1. The number of hydrogen-bond acceptors (Lipinski definition) is 5. The molecule has 0 atom stereocenters. The number of nitrogens with one attached hydrogen (secondary N) is 1. The van der Waals surface area contributed by atoms with E-state index >= 15 is 0 Å². The second-order valence-electron chi connectivity index (χ2n) is 6.29. The highest BCUT2D eigenvalue weighted by molar-refractivity contribution is 5.89. The third-order valence-electron chi connectivity index (χ3n) is 3.73. The molecule has 0 saturated heterocycles. The molecule has 1 N–H and O–H groups in total. The molecule has 0 aliphatic carbocycles. The van der Waals surface area contributed by atoms with Crippen molar-refractivity contribution in [2.24, 2.45) is 5.92 Å². The van der Waals surface area contributed by atoms with Crippen LogP contribution in [-0.2, 0) is 13.1 Å². The summed E-state index contributed by atoms with van der Waals surface area (Å²) in [6.07, 6.45) is 5.33. The van der Waals surface area contributed by atoms with Gasteiger partial charge in [0.1, 0.15) is 12.1 Å². The molecule has 3 aromatic rings. The van der Waals surface area contributed by atoms with E-state index < -0.39 is 0 Å². The van der Waals surface area contributed by atoms with Crippen LogP contribution in [0.5, 0.6) is 0 Å². The van der Waals surface area contributed by atoms with E-state index in [4.69, 9.17) is 0 Å². The summed E-state index contributed by atoms with van der Waals surface area (Å²) in [4.78, 5) is 17.4. The number of rotatable bonds is 5. The van der Waals surface area contributed by atoms with E-state index in [1.807, 2.05) is 19.4 Å². The standard InChI is InChI=1S/C17H22N6/c1-11(2)8-23-10-18-6-14(23)7-19-16-15-12(3)5-13(4)22-17(15)21-9-20-16/h5-6,9-11H,7-8H2,1-4H3,(H,19,20,21,22). The summed E-state index contributed by atoms with van der Waals surface area (Å²) in [5.41, 5.74) is 3.97. The van der Waals surface area contributed by atoms with Crippen LogP contribution in [0.4, 0.5) is 5.82 Å². The van der Waals surface area contributed by atoms with Gasteiger partial charge in [0, 0.05) is 18.4 Å². The first-order chi connectivity index (χ1) is 11.0. The predicted octanol–water partition coefficient (Wildman–Crippen LogP) is 3.11. The number of aryl methyl sites for hydroxylation is 2. The smallest absolute Gasteiger partial charge is 0.165 e. The van der Waals surface area contributed by atoms with Crippen molar-refractivity contribution in [3.8, 4) is 0 Å². The van der Waals surface area contributed by atoms with Gasteiger partial charge >= 0.3 is 0 Å². The summed E-state index contributed by atoms with van der Waals surface area (Å²) >= 11 is 0. The Bertz CT molecular complexity index is 821. The van der Waals surface area contributed by atoms with Gasteiger partial charge in [-0.2, -0.15) is 0 Å². The van der Waals surface area contributed by atoms with Gasteiger partial charge in [-0.05, 0) is 31.4 Å². The third-order valence-corrected chi connectivity index (χ3v) is 3.73. The minimum Gasteiger partial charge on any atom is -0.364 e. The normalized spacial score (nSPS) is 11.3. The van der Waals surface area contributed by atoms with Crippen molar-refractivity contribution in [1.29, 1.82) is 0 Å². The molecule has 0 aliphatic heterocycles. The van der Waals surface area contributed by atoms with Crippen molar-refractivity contribution in [1.82, 2.24) is 24.5 Å². The minimum atomic E-state index is 0.581. The van der Waals surface area contributed by atoms with Crippen molar-refractivity contribution in [2.45, 2.75) is 40.8 Å². The zero-order chi connectivity index (χ0) is 16.4. The molecule has 6 heteroatoms. The molecule has 6 nitrogen and oxygen atoms in total. The van der Waals surface area contributed by atoms with Gasteiger partial charge in [0.2, 0.25) is 0 Å². The monoisotopic (exact) mass is 310 g/mol. The Morgan fingerprint density at radius 2 is 2.04 bits per heavy atom. The lowest BCUT2D eigenvalue weighted by Gasteiger charge is -2.13. The fourth-order valence-corrected chi connectivity index (χ4v) is 2.77. The first kappa shape index (κ1) is 15.4. The molecule has 0 aromatic carbocycles. The summed E-state index contributed by atoms with van der Waals surface area (Å²) in [6, 6.07) is 2.06. The Kier molecular flexibility index (Phi) is 4.23. The van der Waals surface area contributed by atoms with Crippen LogP contribution < -0.4 is 5.32 Å². The van der Waals surface area contributed by atoms with E-state index in [2.05, 4.69) is 56.7 Å². The molecule has 3 rings (SSSR count). The first-order valence-corrected chi connectivity index (χ1v) is 7.86. The molecular formula is C17H22N6. The maximum atomic E-state index is 4.49. The molecule has 0 fully saturated rings. The molecule has 0 unspecified atom stereocenters. The number of fused-ring (bicyclic) bond motifs is 1. The van der Waals surface area contributed by atoms with Gasteiger partial charge in [0.05, 0.1) is 24.0 Å². The fourth-order valence-electron chi connectivity index (χ4n) is 2.77. The molecule has 0 spiro atoms. The average Bonchev–Trinajstić information content (AvgIpc) is 2.90. The average molecular weight is 310 g/mol. The lowest BCUT2D eigenvalue weighted by molar-refractivity contribution is 0.511. The maximum absolute atomic E-state index is 4.49. The Hall–Kier alpha value is -2.50. The number of nitrogens with zero attached hydrogens (tertiary/aromatic N) is 5. The zero-order valence-electron chi connectivity index (χ0n) is 14.0. The second kappa shape index (κ2) is 6.32. The predicted molar refractivity (Wildman–Crippen MR) is 91.2 cm³/mol. The molecule has 3 aromatic heterocycles. The summed E-state index contributed by atoms with van der Waals surface area (Å²) < 4.78 is 2.18. The molecular weight excluding hydrogens is 288 g/mol. The van der Waals surface area contributed by atoms with Crippen molar-refractivity contribution in [2.75, 3.05) is 5.32 Å². The molecule has 0 radical (unpaired) electrons. The summed E-state index contributed by atoms with van der Waals surface area (Å²) in [5.74, 6) is 1.40. The lowest BCUT2D eigenvalue weighted by Crippen LogP contribution is -2.11. The highest BCUT2D eigenvalue weighted by Gasteiger charge is 2.10. The van der Waals surface area contributed by atoms with E-state index in [-0.39, 0.29) is 0 Å². The largest absolute Gasteiger partial charge is 0.364 e. The number of pyridine rings is 1. The molecule has 0 amide bonds. The van der Waals surface area contributed by atoms with Gasteiger partial charge in [-0.1, -0.05) is 13.8 Å². The Balaban J connectivity index is 1.87. The van der Waals surface area contributed by atoms with Crippen LogP contribution in [0.1, 0.15) is 30.8 Å². The van der Waals surface area contributed by atoms with E-state index in [9.17, 15) is 0 Å². The van der Waals surface area contributed by atoms with Crippen molar-refractivity contribution in [3.63, 3.8) is 0 Å². The molecule has 120 valence electrons. The Labute approximate surface area is 136 Å². The van der Waals surface area contributed by atoms with Crippen molar-refractivity contribution in [3.05, 3.63) is 41.9 Å². The van der Waals surface area contributed by atoms with Crippen LogP contribution in [0.3, 0.4) is 0 Å². The third kappa shape index (κ3) is 3.31. The van der Waals surface area contributed by atoms with Crippen LogP contribution in [0.15, 0.2) is 24.9 Å². The van der Waals surface area contributed by atoms with Crippen LogP contribution in [0.25, 0.3) is 11.0 Å². The second-order valence-corrected chi connectivity index (χ2v) is 6.29. The van der Waals surface area contributed by atoms with Gasteiger partial charge in [-0.15, -0.1) is 0 Å². The van der Waals surface area contributed by atoms with Gasteiger partial charge < -0.3 is 9.88 Å². The van der Waals surface area contributed by atoms with Crippen molar-refractivity contribution >= 4 is 16.9 Å². The quantitative estimate of drug-likeness (QED) is 0.784.